The van der Waals surface area contributed by atoms with Gasteiger partial charge in [-0.2, -0.15) is 0 Å². The molecule has 1 atom stereocenters. The Balaban J connectivity index is 2.62. The molecule has 0 fully saturated rings. The van der Waals surface area contributed by atoms with Gasteiger partial charge in [-0.15, -0.1) is 0 Å². The van der Waals surface area contributed by atoms with Crippen molar-refractivity contribution in [2.75, 3.05) is 0 Å². The first-order valence-corrected chi connectivity index (χ1v) is 9.54. The third-order valence-electron chi connectivity index (χ3n) is 2.00. The number of carbonyl (C=O) groups is 1. The maximum atomic E-state index is 10.7. The zero-order valence-electron chi connectivity index (χ0n) is 6.53. The number of carboxylic acids is 1. The molecule has 1 N–H and O–H groups in total. The quantitative estimate of drug-likeness (QED) is 0.829. The molecule has 0 bridgehead atoms. The van der Waals surface area contributed by atoms with E-state index in [1.54, 1.807) is 0 Å². The Morgan fingerprint density at radius 1 is 1.55 bits per heavy atom. The molecule has 0 radical (unpaired) electrons. The van der Waals surface area contributed by atoms with Crippen LogP contribution in [0.2, 0.25) is 3.67 Å². The first-order chi connectivity index (χ1) is 5.25. The predicted molar refractivity (Wildman–Crippen MR) is 45.7 cm³/mol. The summed E-state index contributed by atoms with van der Waals surface area (Å²) in [6, 6.07) is 0. The van der Waals surface area contributed by atoms with Gasteiger partial charge in [0.2, 0.25) is 0 Å². The minimum atomic E-state index is -1.89. The Kier molecular flexibility index (Phi) is 3.24. The van der Waals surface area contributed by atoms with Crippen LogP contribution in [0.3, 0.4) is 0 Å². The molecule has 0 amide bonds. The van der Waals surface area contributed by atoms with Gasteiger partial charge in [-0.05, 0) is 0 Å². The molecule has 1 unspecified atom stereocenters. The van der Waals surface area contributed by atoms with Crippen molar-refractivity contribution in [3.05, 3.63) is 19.8 Å². The van der Waals surface area contributed by atoms with Crippen LogP contribution in [-0.4, -0.2) is 32.5 Å². The molecule has 3 heteroatoms. The summed E-state index contributed by atoms with van der Waals surface area (Å²) in [4.78, 5) is 10.7. The summed E-state index contributed by atoms with van der Waals surface area (Å²) >= 11 is -1.89. The van der Waals surface area contributed by atoms with Crippen LogP contribution >= 0.6 is 0 Å². The molecule has 0 aromatic heterocycles. The van der Waals surface area contributed by atoms with E-state index >= 15 is 0 Å². The number of rotatable bonds is 3. The van der Waals surface area contributed by atoms with Crippen LogP contribution in [0, 0.1) is 0 Å². The summed E-state index contributed by atoms with van der Waals surface area (Å²) in [6.45, 7) is 1.95. The van der Waals surface area contributed by atoms with E-state index in [1.165, 1.54) is 0 Å². The van der Waals surface area contributed by atoms with Crippen LogP contribution in [0.25, 0.3) is 0 Å². The summed E-state index contributed by atoms with van der Waals surface area (Å²) in [5.41, 5.74) is 0. The van der Waals surface area contributed by atoms with Gasteiger partial charge in [0, 0.05) is 0 Å². The fraction of sp³-hybridized carbons (Fsp3) is 0.375. The molecular weight excluding hydrogens is 243 g/mol. The molecule has 0 aromatic carbocycles. The number of hydrogen-bond acceptors (Lipinski definition) is 1. The number of allylic oxidation sites excluding steroid dienone is 2. The van der Waals surface area contributed by atoms with E-state index in [0.29, 0.717) is 0 Å². The van der Waals surface area contributed by atoms with E-state index in [9.17, 15) is 4.79 Å². The van der Waals surface area contributed by atoms with E-state index in [-0.39, 0.29) is 3.67 Å². The van der Waals surface area contributed by atoms with Gasteiger partial charge in [-0.3, -0.25) is 0 Å². The Hall–Kier alpha value is -0.180. The topological polar surface area (TPSA) is 37.3 Å². The van der Waals surface area contributed by atoms with Gasteiger partial charge in [0.05, 0.1) is 0 Å². The second kappa shape index (κ2) is 4.00. The van der Waals surface area contributed by atoms with Crippen LogP contribution in [0.4, 0.5) is 0 Å². The van der Waals surface area contributed by atoms with E-state index in [0.717, 1.165) is 6.42 Å². The van der Waals surface area contributed by atoms with Gasteiger partial charge in [-0.1, -0.05) is 0 Å². The van der Waals surface area contributed by atoms with E-state index in [2.05, 4.69) is 7.67 Å². The summed E-state index contributed by atoms with van der Waals surface area (Å²) < 4.78 is 4.25. The SMILES string of the molecule is CC[CH](C(=O)O)[In]1[CH]=CC=[CH]1. The zero-order chi connectivity index (χ0) is 8.27. The van der Waals surface area contributed by atoms with Gasteiger partial charge in [0.1, 0.15) is 0 Å². The van der Waals surface area contributed by atoms with Crippen LogP contribution in [0.1, 0.15) is 13.3 Å². The summed E-state index contributed by atoms with van der Waals surface area (Å²) in [7, 11) is 0. The molecular formula is C8H11InO2. The molecule has 11 heavy (non-hydrogen) atoms. The van der Waals surface area contributed by atoms with Crippen molar-refractivity contribution in [1.82, 2.24) is 0 Å². The van der Waals surface area contributed by atoms with Crippen LogP contribution in [0.15, 0.2) is 19.8 Å². The summed E-state index contributed by atoms with van der Waals surface area (Å²) in [5.74, 6) is -0.607. The standard InChI is InChI=1S/C4H7O2.C4H4.In/c1-2-3-4(5)6;1-3-4-2;/h3H,2H2,1H3,(H,5,6);1-4H;. The molecule has 0 aliphatic carbocycles. The average molecular weight is 254 g/mol. The van der Waals surface area contributed by atoms with E-state index in [1.807, 2.05) is 19.1 Å². The Bertz CT molecular complexity index is 196. The molecule has 0 aromatic rings. The van der Waals surface area contributed by atoms with Crippen molar-refractivity contribution >= 4 is 27.4 Å². The van der Waals surface area contributed by atoms with Crippen LogP contribution in [0.5, 0.6) is 0 Å². The van der Waals surface area contributed by atoms with E-state index in [4.69, 9.17) is 5.11 Å². The maximum absolute atomic E-state index is 10.7. The normalized spacial score (nSPS) is 17.4. The second-order valence-corrected chi connectivity index (χ2v) is 10.5. The van der Waals surface area contributed by atoms with Gasteiger partial charge < -0.3 is 0 Å². The van der Waals surface area contributed by atoms with Crippen molar-refractivity contribution < 1.29 is 9.90 Å². The molecule has 58 valence electrons. The van der Waals surface area contributed by atoms with Crippen molar-refractivity contribution in [1.29, 1.82) is 0 Å². The third-order valence-corrected chi connectivity index (χ3v) is 10.6. The van der Waals surface area contributed by atoms with Gasteiger partial charge >= 0.3 is 74.1 Å². The van der Waals surface area contributed by atoms with Crippen molar-refractivity contribution in [3.63, 3.8) is 0 Å². The number of hydrogen-bond donors (Lipinski definition) is 1. The van der Waals surface area contributed by atoms with E-state index < -0.39 is 27.4 Å². The molecule has 0 spiro atoms. The summed E-state index contributed by atoms with van der Waals surface area (Å²) in [5, 5.41) is 8.82. The fourth-order valence-electron chi connectivity index (χ4n) is 1.33. The fourth-order valence-corrected chi connectivity index (χ4v) is 7.92. The predicted octanol–water partition coefficient (Wildman–Crippen LogP) is 1.55. The summed E-state index contributed by atoms with van der Waals surface area (Å²) in [6.07, 6.45) is 4.77. The second-order valence-electron chi connectivity index (χ2n) is 2.70. The Morgan fingerprint density at radius 2 is 2.09 bits per heavy atom. The van der Waals surface area contributed by atoms with Gasteiger partial charge in [-0.25, -0.2) is 0 Å². The molecule has 0 saturated heterocycles. The number of aliphatic carboxylic acids is 1. The Morgan fingerprint density at radius 3 is 2.45 bits per heavy atom. The molecule has 1 rings (SSSR count). The van der Waals surface area contributed by atoms with Gasteiger partial charge in [0.25, 0.3) is 0 Å². The van der Waals surface area contributed by atoms with Gasteiger partial charge in [0.15, 0.2) is 0 Å². The van der Waals surface area contributed by atoms with Crippen LogP contribution in [-0.2, 0) is 4.79 Å². The average Bonchev–Trinajstić information content (AvgIpc) is 2.40. The zero-order valence-corrected chi connectivity index (χ0v) is 9.82. The van der Waals surface area contributed by atoms with Crippen LogP contribution < -0.4 is 0 Å². The molecule has 0 saturated carbocycles. The van der Waals surface area contributed by atoms with Crippen molar-refractivity contribution in [2.45, 2.75) is 17.0 Å². The monoisotopic (exact) mass is 254 g/mol. The van der Waals surface area contributed by atoms with Crippen molar-refractivity contribution in [3.8, 4) is 0 Å². The minimum absolute atomic E-state index is 0.0354. The number of carboxylic acid groups (broad SMARTS) is 1. The third kappa shape index (κ3) is 2.12. The first-order valence-electron chi connectivity index (χ1n) is 3.83. The molecule has 1 aliphatic heterocycles. The molecule has 1 heterocycles. The molecule has 2 nitrogen and oxygen atoms in total. The molecule has 1 aliphatic rings. The first kappa shape index (κ1) is 8.91. The Labute approximate surface area is 74.1 Å². The van der Waals surface area contributed by atoms with Crippen molar-refractivity contribution in [2.24, 2.45) is 0 Å².